The number of carbonyl (C=O) groups is 1. The number of nitrogens with two attached hydrogens (primary N) is 1. The monoisotopic (exact) mass is 520 g/mol. The van der Waals surface area contributed by atoms with Gasteiger partial charge in [-0.15, -0.1) is 0 Å². The fourth-order valence-electron chi connectivity index (χ4n) is 3.26. The predicted molar refractivity (Wildman–Crippen MR) is 138 cm³/mol. The molecule has 0 aliphatic heterocycles. The topological polar surface area (TPSA) is 84.6 Å². The minimum absolute atomic E-state index is 0.0195. The molecule has 0 heterocycles. The average Bonchev–Trinajstić information content (AvgIpc) is 2.80. The van der Waals surface area contributed by atoms with Gasteiger partial charge in [-0.25, -0.2) is 8.78 Å². The molecule has 1 atom stereocenters. The molecule has 35 heavy (non-hydrogen) atoms. The lowest BCUT2D eigenvalue weighted by Crippen LogP contribution is -2.23. The van der Waals surface area contributed by atoms with Crippen molar-refractivity contribution in [3.63, 3.8) is 0 Å². The van der Waals surface area contributed by atoms with Crippen molar-refractivity contribution in [3.05, 3.63) is 70.2 Å². The largest absolute Gasteiger partial charge is 0.505 e. The predicted octanol–water partition coefficient (Wildman–Crippen LogP) is 6.95. The van der Waals surface area contributed by atoms with Crippen LogP contribution >= 0.6 is 23.5 Å². The number of phenolic OH excluding ortho intramolecular Hbond substituents is 1. The first-order valence-corrected chi connectivity index (χ1v) is 12.0. The Bertz CT molecular complexity index is 1250. The maximum absolute atomic E-state index is 15.1. The van der Waals surface area contributed by atoms with Crippen LogP contribution in [0.15, 0.2) is 47.4 Å². The Morgan fingerprint density at radius 1 is 1.14 bits per heavy atom. The molecule has 0 aliphatic carbocycles. The number of aromatic hydroxyl groups is 1. The van der Waals surface area contributed by atoms with Crippen molar-refractivity contribution < 1.29 is 23.4 Å². The molecule has 0 spiro atoms. The van der Waals surface area contributed by atoms with Crippen LogP contribution in [-0.2, 0) is 5.41 Å². The van der Waals surface area contributed by atoms with Gasteiger partial charge < -0.3 is 20.3 Å². The number of anilines is 1. The third-order valence-electron chi connectivity index (χ3n) is 5.31. The first-order chi connectivity index (χ1) is 16.4. The summed E-state index contributed by atoms with van der Waals surface area (Å²) in [4.78, 5) is 11.3. The molecule has 0 fully saturated rings. The summed E-state index contributed by atoms with van der Waals surface area (Å²) in [5.74, 6) is -1.44. The summed E-state index contributed by atoms with van der Waals surface area (Å²) in [5, 5.41) is 10.2. The third-order valence-corrected chi connectivity index (χ3v) is 6.45. The molecular formula is C26H27ClF2N2O3S. The van der Waals surface area contributed by atoms with Gasteiger partial charge in [0.2, 0.25) is 0 Å². The van der Waals surface area contributed by atoms with Crippen LogP contribution in [0.25, 0.3) is 11.1 Å². The van der Waals surface area contributed by atoms with Gasteiger partial charge in [0.1, 0.15) is 35.5 Å². The summed E-state index contributed by atoms with van der Waals surface area (Å²) in [5.41, 5.74) is 7.22. The molecule has 0 saturated carbocycles. The Morgan fingerprint density at radius 2 is 1.86 bits per heavy atom. The minimum Gasteiger partial charge on any atom is -0.505 e. The van der Waals surface area contributed by atoms with Crippen LogP contribution in [0.3, 0.4) is 0 Å². The highest BCUT2D eigenvalue weighted by molar-refractivity contribution is 8.00. The Hall–Kier alpha value is -2.81. The van der Waals surface area contributed by atoms with E-state index in [4.69, 9.17) is 22.1 Å². The van der Waals surface area contributed by atoms with E-state index in [2.05, 4.69) is 4.72 Å². The van der Waals surface area contributed by atoms with E-state index in [-0.39, 0.29) is 50.5 Å². The van der Waals surface area contributed by atoms with Crippen LogP contribution < -0.4 is 15.2 Å². The van der Waals surface area contributed by atoms with E-state index >= 15 is 4.39 Å². The summed E-state index contributed by atoms with van der Waals surface area (Å²) in [6, 6.07) is 10.3. The van der Waals surface area contributed by atoms with E-state index in [1.807, 2.05) is 32.9 Å². The fourth-order valence-corrected chi connectivity index (χ4v) is 4.32. The number of ether oxygens (including phenoxy) is 1. The van der Waals surface area contributed by atoms with Crippen molar-refractivity contribution in [2.75, 3.05) is 11.3 Å². The smallest absolute Gasteiger partial charge is 0.150 e. The van der Waals surface area contributed by atoms with Gasteiger partial charge in [-0.2, -0.15) is 0 Å². The number of aldehydes is 1. The lowest BCUT2D eigenvalue weighted by Gasteiger charge is -2.23. The second-order valence-corrected chi connectivity index (χ2v) is 10.4. The van der Waals surface area contributed by atoms with Gasteiger partial charge in [-0.3, -0.25) is 4.79 Å². The van der Waals surface area contributed by atoms with E-state index < -0.39 is 11.6 Å². The second kappa shape index (κ2) is 10.8. The number of halogens is 3. The van der Waals surface area contributed by atoms with Crippen molar-refractivity contribution in [1.29, 1.82) is 0 Å². The molecule has 3 rings (SSSR count). The number of carbonyl (C=O) groups excluding carboxylic acids is 1. The first kappa shape index (κ1) is 26.8. The van der Waals surface area contributed by atoms with E-state index in [1.165, 1.54) is 18.2 Å². The van der Waals surface area contributed by atoms with Gasteiger partial charge >= 0.3 is 0 Å². The first-order valence-electron chi connectivity index (χ1n) is 10.9. The molecule has 0 bridgehead atoms. The highest BCUT2D eigenvalue weighted by atomic mass is 35.5. The van der Waals surface area contributed by atoms with Crippen LogP contribution in [0.5, 0.6) is 11.5 Å². The molecule has 1 unspecified atom stereocenters. The highest BCUT2D eigenvalue weighted by Crippen LogP contribution is 2.40. The molecule has 0 aliphatic rings. The van der Waals surface area contributed by atoms with Crippen LogP contribution in [0, 0.1) is 11.6 Å². The summed E-state index contributed by atoms with van der Waals surface area (Å²) in [7, 11) is 0. The van der Waals surface area contributed by atoms with Crippen LogP contribution in [0.2, 0.25) is 5.02 Å². The lowest BCUT2D eigenvalue weighted by molar-refractivity contribution is 0.112. The SMILES string of the molecule is CC(CN)Oc1ccc(C(C)(C)C)cc1-c1cc(NSc2cc(C=O)cc(Cl)c2O)c(F)cc1F. The Balaban J connectivity index is 2.06. The Morgan fingerprint density at radius 3 is 2.49 bits per heavy atom. The number of hydrogen-bond acceptors (Lipinski definition) is 6. The van der Waals surface area contributed by atoms with Crippen molar-refractivity contribution in [2.24, 2.45) is 5.73 Å². The van der Waals surface area contributed by atoms with Crippen LogP contribution in [0.4, 0.5) is 14.5 Å². The number of rotatable bonds is 8. The van der Waals surface area contributed by atoms with E-state index in [1.54, 1.807) is 13.0 Å². The number of nitrogens with one attached hydrogen (secondary N) is 1. The van der Waals surface area contributed by atoms with Crippen LogP contribution in [-0.4, -0.2) is 24.0 Å². The Labute approximate surface area is 212 Å². The molecule has 3 aromatic rings. The Kier molecular flexibility index (Phi) is 8.30. The van der Waals surface area contributed by atoms with Gasteiger partial charge in [0.15, 0.2) is 0 Å². The van der Waals surface area contributed by atoms with Gasteiger partial charge in [-0.05, 0) is 60.2 Å². The summed E-state index contributed by atoms with van der Waals surface area (Å²) < 4.78 is 38.5. The average molecular weight is 521 g/mol. The summed E-state index contributed by atoms with van der Waals surface area (Å²) in [6.45, 7) is 8.17. The van der Waals surface area contributed by atoms with Gasteiger partial charge in [0, 0.05) is 29.3 Å². The van der Waals surface area contributed by atoms with Gasteiger partial charge in [-0.1, -0.05) is 38.4 Å². The molecule has 0 amide bonds. The number of hydrogen-bond donors (Lipinski definition) is 3. The maximum Gasteiger partial charge on any atom is 0.150 e. The minimum atomic E-state index is -0.833. The summed E-state index contributed by atoms with van der Waals surface area (Å²) >= 11 is 6.80. The van der Waals surface area contributed by atoms with Crippen molar-refractivity contribution >= 4 is 35.5 Å². The molecule has 186 valence electrons. The van der Waals surface area contributed by atoms with Gasteiger partial charge in [0.05, 0.1) is 15.6 Å². The molecule has 4 N–H and O–H groups in total. The molecule has 0 radical (unpaired) electrons. The van der Waals surface area contributed by atoms with E-state index in [0.29, 0.717) is 17.6 Å². The van der Waals surface area contributed by atoms with Crippen molar-refractivity contribution in [3.8, 4) is 22.6 Å². The van der Waals surface area contributed by atoms with E-state index in [0.717, 1.165) is 23.6 Å². The molecule has 5 nitrogen and oxygen atoms in total. The maximum atomic E-state index is 15.1. The number of benzene rings is 3. The zero-order chi connectivity index (χ0) is 25.9. The highest BCUT2D eigenvalue weighted by Gasteiger charge is 2.21. The third kappa shape index (κ3) is 6.25. The zero-order valence-electron chi connectivity index (χ0n) is 19.8. The molecule has 3 aromatic carbocycles. The quantitative estimate of drug-likeness (QED) is 0.220. The lowest BCUT2D eigenvalue weighted by atomic mass is 9.85. The second-order valence-electron chi connectivity index (χ2n) is 9.11. The van der Waals surface area contributed by atoms with Crippen molar-refractivity contribution in [1.82, 2.24) is 0 Å². The number of phenols is 1. The molecule has 0 aromatic heterocycles. The van der Waals surface area contributed by atoms with Crippen molar-refractivity contribution in [2.45, 2.75) is 44.1 Å². The fraction of sp³-hybridized carbons (Fsp3) is 0.269. The zero-order valence-corrected chi connectivity index (χ0v) is 21.4. The standard InChI is InChI=1S/C26H27ClF2N2O3S/c1-14(12-30)34-23-6-5-16(26(2,3)4)9-18(23)17-10-22(21(29)11-20(17)28)31-35-24-8-15(13-32)7-19(27)25(24)33/h5-11,13-14,31,33H,12,30H2,1-4H3. The molecule has 0 saturated heterocycles. The van der Waals surface area contributed by atoms with E-state index in [9.17, 15) is 14.3 Å². The van der Waals surface area contributed by atoms with Gasteiger partial charge in [0.25, 0.3) is 0 Å². The normalized spacial score (nSPS) is 12.3. The van der Waals surface area contributed by atoms with Crippen LogP contribution in [0.1, 0.15) is 43.6 Å². The summed E-state index contributed by atoms with van der Waals surface area (Å²) in [6.07, 6.45) is 0.265. The molecule has 9 heteroatoms. The molecular weight excluding hydrogens is 494 g/mol.